The zero-order valence-electron chi connectivity index (χ0n) is 10.7. The van der Waals surface area contributed by atoms with E-state index in [-0.39, 0.29) is 12.6 Å². The average molecular weight is 268 g/mol. The molecule has 2 N–H and O–H groups in total. The van der Waals surface area contributed by atoms with Crippen LogP contribution >= 0.6 is 0 Å². The van der Waals surface area contributed by atoms with Crippen LogP contribution in [-0.4, -0.2) is 25.3 Å². The Bertz CT molecular complexity index is 513. The minimum Gasteiger partial charge on any atom is -0.326 e. The maximum absolute atomic E-state index is 12.6. The summed E-state index contributed by atoms with van der Waals surface area (Å²) in [5.41, 5.74) is 6.32. The molecule has 1 atom stereocenters. The number of sulfonamides is 1. The molecule has 0 saturated carbocycles. The Labute approximate surface area is 109 Å². The Kier molecular flexibility index (Phi) is 4.04. The van der Waals surface area contributed by atoms with E-state index in [4.69, 9.17) is 5.73 Å². The first kappa shape index (κ1) is 13.5. The zero-order valence-corrected chi connectivity index (χ0v) is 11.5. The highest BCUT2D eigenvalue weighted by Crippen LogP contribution is 2.26. The lowest BCUT2D eigenvalue weighted by Crippen LogP contribution is -2.42. The van der Waals surface area contributed by atoms with Gasteiger partial charge in [0, 0.05) is 19.1 Å². The number of rotatable bonds is 3. The van der Waals surface area contributed by atoms with Gasteiger partial charge >= 0.3 is 0 Å². The van der Waals surface area contributed by atoms with Gasteiger partial charge in [0.2, 0.25) is 10.0 Å². The van der Waals surface area contributed by atoms with Gasteiger partial charge in [0.25, 0.3) is 0 Å². The van der Waals surface area contributed by atoms with E-state index in [9.17, 15) is 8.42 Å². The molecular formula is C13H20N2O2S. The summed E-state index contributed by atoms with van der Waals surface area (Å²) >= 11 is 0. The van der Waals surface area contributed by atoms with Crippen molar-refractivity contribution in [3.63, 3.8) is 0 Å². The van der Waals surface area contributed by atoms with Crippen LogP contribution in [0.2, 0.25) is 0 Å². The van der Waals surface area contributed by atoms with Gasteiger partial charge in [0.15, 0.2) is 0 Å². The minimum absolute atomic E-state index is 0.0783. The third-order valence-corrected chi connectivity index (χ3v) is 5.64. The van der Waals surface area contributed by atoms with Crippen molar-refractivity contribution in [1.82, 2.24) is 4.31 Å². The fourth-order valence-electron chi connectivity index (χ4n) is 2.48. The Morgan fingerprint density at radius 2 is 2.06 bits per heavy atom. The molecule has 1 heterocycles. The third kappa shape index (κ3) is 2.43. The second kappa shape index (κ2) is 5.38. The van der Waals surface area contributed by atoms with Gasteiger partial charge in [-0.2, -0.15) is 4.31 Å². The number of hydrogen-bond donors (Lipinski definition) is 1. The molecule has 1 aliphatic rings. The molecule has 5 heteroatoms. The lowest BCUT2D eigenvalue weighted by atomic mass is 10.1. The van der Waals surface area contributed by atoms with Crippen molar-refractivity contribution >= 4 is 10.0 Å². The molecular weight excluding hydrogens is 248 g/mol. The van der Waals surface area contributed by atoms with Crippen LogP contribution in [0.5, 0.6) is 0 Å². The Balaban J connectivity index is 2.41. The van der Waals surface area contributed by atoms with Gasteiger partial charge in [0.05, 0.1) is 4.90 Å². The quantitative estimate of drug-likeness (QED) is 0.907. The van der Waals surface area contributed by atoms with Gasteiger partial charge < -0.3 is 5.73 Å². The summed E-state index contributed by atoms with van der Waals surface area (Å²) in [7, 11) is -3.40. The van der Waals surface area contributed by atoms with Crippen LogP contribution in [0.3, 0.4) is 0 Å². The first-order valence-electron chi connectivity index (χ1n) is 6.37. The molecule has 4 nitrogen and oxygen atoms in total. The van der Waals surface area contributed by atoms with Crippen LogP contribution in [0.25, 0.3) is 0 Å². The monoisotopic (exact) mass is 268 g/mol. The molecule has 1 fully saturated rings. The standard InChI is InChI=1S/C13H20N2O2S/c1-11-6-4-5-9-15(11)18(16,17)13-8-3-2-7-12(13)10-14/h2-3,7-8,11H,4-6,9-10,14H2,1H3. The first-order chi connectivity index (χ1) is 8.57. The smallest absolute Gasteiger partial charge is 0.243 e. The van der Waals surface area contributed by atoms with E-state index in [0.717, 1.165) is 19.3 Å². The summed E-state index contributed by atoms with van der Waals surface area (Å²) < 4.78 is 26.9. The van der Waals surface area contributed by atoms with Crippen LogP contribution in [0, 0.1) is 0 Å². The summed E-state index contributed by atoms with van der Waals surface area (Å²) in [6, 6.07) is 7.08. The number of hydrogen-bond acceptors (Lipinski definition) is 3. The van der Waals surface area contributed by atoms with Crippen LogP contribution in [-0.2, 0) is 16.6 Å². The van der Waals surface area contributed by atoms with E-state index in [1.165, 1.54) is 0 Å². The molecule has 1 saturated heterocycles. The van der Waals surface area contributed by atoms with Crippen molar-refractivity contribution < 1.29 is 8.42 Å². The predicted molar refractivity (Wildman–Crippen MR) is 71.5 cm³/mol. The molecule has 1 aromatic carbocycles. The van der Waals surface area contributed by atoms with E-state index < -0.39 is 10.0 Å². The Morgan fingerprint density at radius 1 is 1.33 bits per heavy atom. The van der Waals surface area contributed by atoms with Gasteiger partial charge in [-0.05, 0) is 31.4 Å². The minimum atomic E-state index is -3.40. The highest BCUT2D eigenvalue weighted by Gasteiger charge is 2.31. The third-order valence-electron chi connectivity index (χ3n) is 3.52. The SMILES string of the molecule is CC1CCCCN1S(=O)(=O)c1ccccc1CN. The van der Waals surface area contributed by atoms with E-state index in [0.29, 0.717) is 17.0 Å². The molecule has 0 radical (unpaired) electrons. The first-order valence-corrected chi connectivity index (χ1v) is 7.81. The highest BCUT2D eigenvalue weighted by molar-refractivity contribution is 7.89. The van der Waals surface area contributed by atoms with Gasteiger partial charge in [0.1, 0.15) is 0 Å². The summed E-state index contributed by atoms with van der Waals surface area (Å²) in [6.45, 7) is 2.84. The normalized spacial score (nSPS) is 22.0. The molecule has 0 amide bonds. The Hall–Kier alpha value is -0.910. The van der Waals surface area contributed by atoms with E-state index in [1.807, 2.05) is 13.0 Å². The lowest BCUT2D eigenvalue weighted by molar-refractivity contribution is 0.268. The van der Waals surface area contributed by atoms with E-state index in [2.05, 4.69) is 0 Å². The van der Waals surface area contributed by atoms with Gasteiger partial charge in [-0.25, -0.2) is 8.42 Å². The fourth-order valence-corrected chi connectivity index (χ4v) is 4.41. The maximum Gasteiger partial charge on any atom is 0.243 e. The van der Waals surface area contributed by atoms with Gasteiger partial charge in [-0.1, -0.05) is 24.6 Å². The number of nitrogens with zero attached hydrogens (tertiary/aromatic N) is 1. The largest absolute Gasteiger partial charge is 0.326 e. The van der Waals surface area contributed by atoms with Crippen LogP contribution < -0.4 is 5.73 Å². The fraction of sp³-hybridized carbons (Fsp3) is 0.538. The van der Waals surface area contributed by atoms with Crippen molar-refractivity contribution in [2.75, 3.05) is 6.54 Å². The van der Waals surface area contributed by atoms with Crippen molar-refractivity contribution in [1.29, 1.82) is 0 Å². The second-order valence-electron chi connectivity index (χ2n) is 4.77. The van der Waals surface area contributed by atoms with Crippen LogP contribution in [0.15, 0.2) is 29.2 Å². The number of piperidine rings is 1. The predicted octanol–water partition coefficient (Wildman–Crippen LogP) is 1.71. The second-order valence-corrected chi connectivity index (χ2v) is 6.63. The zero-order chi connectivity index (χ0) is 13.2. The van der Waals surface area contributed by atoms with Gasteiger partial charge in [-0.3, -0.25) is 0 Å². The van der Waals surface area contributed by atoms with Crippen molar-refractivity contribution in [2.24, 2.45) is 5.73 Å². The van der Waals surface area contributed by atoms with E-state index >= 15 is 0 Å². The molecule has 2 rings (SSSR count). The van der Waals surface area contributed by atoms with Crippen LogP contribution in [0.4, 0.5) is 0 Å². The molecule has 0 aliphatic carbocycles. The maximum atomic E-state index is 12.6. The van der Waals surface area contributed by atoms with Crippen molar-refractivity contribution in [3.8, 4) is 0 Å². The summed E-state index contributed by atoms with van der Waals surface area (Å²) in [5.74, 6) is 0. The van der Waals surface area contributed by atoms with Crippen molar-refractivity contribution in [2.45, 2.75) is 43.7 Å². The molecule has 1 unspecified atom stereocenters. The average Bonchev–Trinajstić information content (AvgIpc) is 2.39. The summed E-state index contributed by atoms with van der Waals surface area (Å²) in [6.07, 6.45) is 2.98. The topological polar surface area (TPSA) is 63.4 Å². The molecule has 100 valence electrons. The van der Waals surface area contributed by atoms with Crippen LogP contribution in [0.1, 0.15) is 31.7 Å². The molecule has 1 aliphatic heterocycles. The molecule has 0 spiro atoms. The summed E-state index contributed by atoms with van der Waals surface area (Å²) in [5, 5.41) is 0. The van der Waals surface area contributed by atoms with Crippen molar-refractivity contribution in [3.05, 3.63) is 29.8 Å². The number of nitrogens with two attached hydrogens (primary N) is 1. The van der Waals surface area contributed by atoms with Gasteiger partial charge in [-0.15, -0.1) is 0 Å². The van der Waals surface area contributed by atoms with E-state index in [1.54, 1.807) is 22.5 Å². The molecule has 0 aromatic heterocycles. The number of benzene rings is 1. The lowest BCUT2D eigenvalue weighted by Gasteiger charge is -2.32. The molecule has 1 aromatic rings. The highest BCUT2D eigenvalue weighted by atomic mass is 32.2. The summed E-state index contributed by atoms with van der Waals surface area (Å²) in [4.78, 5) is 0.362. The Morgan fingerprint density at radius 3 is 2.72 bits per heavy atom. The molecule has 18 heavy (non-hydrogen) atoms. The molecule has 0 bridgehead atoms.